The molecule has 0 aromatic heterocycles. The molecule has 3 N–H and O–H groups in total. The molecule has 0 aromatic rings. The summed E-state index contributed by atoms with van der Waals surface area (Å²) in [7, 11) is -1.39. The summed E-state index contributed by atoms with van der Waals surface area (Å²) in [5, 5.41) is 6.56. The van der Waals surface area contributed by atoms with Crippen LogP contribution in [0.4, 0.5) is 0 Å². The first-order valence-electron chi connectivity index (χ1n) is 7.22. The second kappa shape index (κ2) is 7.83. The van der Waals surface area contributed by atoms with Gasteiger partial charge in [0.25, 0.3) is 0 Å². The Labute approximate surface area is 122 Å². The Kier molecular flexibility index (Phi) is 6.75. The van der Waals surface area contributed by atoms with Gasteiger partial charge in [0.2, 0.25) is 10.0 Å². The lowest BCUT2D eigenvalue weighted by Crippen LogP contribution is -2.47. The van der Waals surface area contributed by atoms with Crippen LogP contribution in [0.1, 0.15) is 33.1 Å². The molecule has 0 radical (unpaired) electrons. The number of rotatable bonds is 5. The van der Waals surface area contributed by atoms with E-state index in [1.54, 1.807) is 7.05 Å². The van der Waals surface area contributed by atoms with E-state index in [0.29, 0.717) is 19.1 Å². The van der Waals surface area contributed by atoms with Gasteiger partial charge in [0, 0.05) is 26.2 Å². The van der Waals surface area contributed by atoms with E-state index < -0.39 is 10.0 Å². The summed E-state index contributed by atoms with van der Waals surface area (Å²) in [4.78, 5) is 4.18. The first-order chi connectivity index (χ1) is 9.30. The third kappa shape index (κ3) is 7.09. The van der Waals surface area contributed by atoms with Crippen LogP contribution in [0.25, 0.3) is 0 Å². The Bertz CT molecular complexity index is 412. The van der Waals surface area contributed by atoms with Crippen LogP contribution in [0.3, 0.4) is 0 Å². The third-order valence-corrected chi connectivity index (χ3v) is 4.25. The van der Waals surface area contributed by atoms with Gasteiger partial charge in [0.1, 0.15) is 0 Å². The molecule has 2 atom stereocenters. The maximum absolute atomic E-state index is 10.9. The number of aliphatic imine (C=N–C) groups is 1. The SMILES string of the molecule is CN=C(NCCNS(C)(=O)=O)NC1CC(C)CC(C)C1. The zero-order valence-electron chi connectivity index (χ0n) is 12.9. The van der Waals surface area contributed by atoms with Gasteiger partial charge < -0.3 is 10.6 Å². The van der Waals surface area contributed by atoms with Crippen LogP contribution in [0.15, 0.2) is 4.99 Å². The van der Waals surface area contributed by atoms with Crippen LogP contribution in [-0.4, -0.2) is 46.8 Å². The molecule has 7 heteroatoms. The van der Waals surface area contributed by atoms with Gasteiger partial charge in [-0.15, -0.1) is 0 Å². The number of guanidine groups is 1. The van der Waals surface area contributed by atoms with E-state index in [2.05, 4.69) is 34.2 Å². The lowest BCUT2D eigenvalue weighted by molar-refractivity contribution is 0.255. The molecule has 1 aliphatic rings. The highest BCUT2D eigenvalue weighted by Gasteiger charge is 2.24. The first-order valence-corrected chi connectivity index (χ1v) is 9.11. The van der Waals surface area contributed by atoms with E-state index in [1.165, 1.54) is 6.42 Å². The molecule has 0 amide bonds. The van der Waals surface area contributed by atoms with Crippen molar-refractivity contribution in [2.45, 2.75) is 39.2 Å². The van der Waals surface area contributed by atoms with Crippen LogP contribution < -0.4 is 15.4 Å². The summed E-state index contributed by atoms with van der Waals surface area (Å²) in [6.45, 7) is 5.45. The van der Waals surface area contributed by atoms with Gasteiger partial charge >= 0.3 is 0 Å². The molecule has 2 unspecified atom stereocenters. The Morgan fingerprint density at radius 2 is 1.75 bits per heavy atom. The maximum Gasteiger partial charge on any atom is 0.208 e. The monoisotopic (exact) mass is 304 g/mol. The van der Waals surface area contributed by atoms with E-state index in [-0.39, 0.29) is 0 Å². The molecule has 1 saturated carbocycles. The van der Waals surface area contributed by atoms with Crippen LogP contribution in [0.2, 0.25) is 0 Å². The van der Waals surface area contributed by atoms with Crippen LogP contribution in [-0.2, 0) is 10.0 Å². The third-order valence-electron chi connectivity index (χ3n) is 3.52. The Morgan fingerprint density at radius 1 is 1.15 bits per heavy atom. The summed E-state index contributed by atoms with van der Waals surface area (Å²) in [5.41, 5.74) is 0. The summed E-state index contributed by atoms with van der Waals surface area (Å²) in [5.74, 6) is 2.22. The van der Waals surface area contributed by atoms with E-state index in [9.17, 15) is 8.42 Å². The zero-order valence-corrected chi connectivity index (χ0v) is 13.8. The highest BCUT2D eigenvalue weighted by atomic mass is 32.2. The van der Waals surface area contributed by atoms with Crippen molar-refractivity contribution >= 4 is 16.0 Å². The van der Waals surface area contributed by atoms with Crippen LogP contribution >= 0.6 is 0 Å². The second-order valence-electron chi connectivity index (χ2n) is 5.92. The molecule has 0 bridgehead atoms. The van der Waals surface area contributed by atoms with E-state index in [0.717, 1.165) is 36.9 Å². The fourth-order valence-electron chi connectivity index (χ4n) is 2.87. The molecule has 0 heterocycles. The lowest BCUT2D eigenvalue weighted by Gasteiger charge is -2.32. The van der Waals surface area contributed by atoms with Gasteiger partial charge in [-0.3, -0.25) is 4.99 Å². The molecule has 20 heavy (non-hydrogen) atoms. The average molecular weight is 304 g/mol. The number of sulfonamides is 1. The summed E-state index contributed by atoms with van der Waals surface area (Å²) in [6, 6.07) is 0.447. The highest BCUT2D eigenvalue weighted by Crippen LogP contribution is 2.28. The van der Waals surface area contributed by atoms with Gasteiger partial charge in [-0.25, -0.2) is 13.1 Å². The van der Waals surface area contributed by atoms with E-state index in [4.69, 9.17) is 0 Å². The summed E-state index contributed by atoms with van der Waals surface area (Å²) >= 11 is 0. The molecule has 1 rings (SSSR count). The average Bonchev–Trinajstić information content (AvgIpc) is 2.30. The van der Waals surface area contributed by atoms with Gasteiger partial charge in [-0.05, 0) is 31.1 Å². The predicted molar refractivity (Wildman–Crippen MR) is 83.3 cm³/mol. The zero-order chi connectivity index (χ0) is 15.2. The molecule has 118 valence electrons. The molecule has 6 nitrogen and oxygen atoms in total. The quantitative estimate of drug-likeness (QED) is 0.393. The Hall–Kier alpha value is -0.820. The minimum atomic E-state index is -3.12. The molecular weight excluding hydrogens is 276 g/mol. The fraction of sp³-hybridized carbons (Fsp3) is 0.923. The van der Waals surface area contributed by atoms with Gasteiger partial charge in [0.05, 0.1) is 6.26 Å². The highest BCUT2D eigenvalue weighted by molar-refractivity contribution is 7.88. The standard InChI is InChI=1S/C13H28N4O2S/c1-10-7-11(2)9-12(8-10)17-13(14-3)15-5-6-16-20(4,18)19/h10-12,16H,5-9H2,1-4H3,(H2,14,15,17). The molecule has 0 spiro atoms. The van der Waals surface area contributed by atoms with Gasteiger partial charge in [0.15, 0.2) is 5.96 Å². The van der Waals surface area contributed by atoms with Crippen LogP contribution in [0.5, 0.6) is 0 Å². The molecule has 1 fully saturated rings. The van der Waals surface area contributed by atoms with Gasteiger partial charge in [-0.1, -0.05) is 13.8 Å². The van der Waals surface area contributed by atoms with Crippen molar-refractivity contribution in [3.05, 3.63) is 0 Å². The van der Waals surface area contributed by atoms with E-state index in [1.807, 2.05) is 0 Å². The molecule has 0 saturated heterocycles. The minimum absolute atomic E-state index is 0.358. The van der Waals surface area contributed by atoms with Crippen molar-refractivity contribution < 1.29 is 8.42 Å². The number of hydrogen-bond acceptors (Lipinski definition) is 3. The number of hydrogen-bond donors (Lipinski definition) is 3. The van der Waals surface area contributed by atoms with Crippen LogP contribution in [0, 0.1) is 11.8 Å². The molecular formula is C13H28N4O2S. The fourth-order valence-corrected chi connectivity index (χ4v) is 3.34. The van der Waals surface area contributed by atoms with Crippen molar-refractivity contribution in [1.82, 2.24) is 15.4 Å². The number of nitrogens with zero attached hydrogens (tertiary/aromatic N) is 1. The van der Waals surface area contributed by atoms with Crippen molar-refractivity contribution in [3.63, 3.8) is 0 Å². The smallest absolute Gasteiger partial charge is 0.208 e. The largest absolute Gasteiger partial charge is 0.355 e. The topological polar surface area (TPSA) is 82.6 Å². The van der Waals surface area contributed by atoms with E-state index >= 15 is 0 Å². The Balaban J connectivity index is 2.32. The molecule has 1 aliphatic carbocycles. The summed E-state index contributed by atoms with van der Waals surface area (Å²) < 4.78 is 24.3. The second-order valence-corrected chi connectivity index (χ2v) is 7.76. The van der Waals surface area contributed by atoms with Crippen molar-refractivity contribution in [2.75, 3.05) is 26.4 Å². The lowest BCUT2D eigenvalue weighted by atomic mass is 9.80. The number of nitrogens with one attached hydrogen (secondary N) is 3. The normalized spacial score (nSPS) is 28.2. The molecule has 0 aromatic carbocycles. The Morgan fingerprint density at radius 3 is 2.25 bits per heavy atom. The maximum atomic E-state index is 10.9. The summed E-state index contributed by atoms with van der Waals surface area (Å²) in [6.07, 6.45) is 4.77. The van der Waals surface area contributed by atoms with Gasteiger partial charge in [-0.2, -0.15) is 0 Å². The van der Waals surface area contributed by atoms with Crippen molar-refractivity contribution in [2.24, 2.45) is 16.8 Å². The van der Waals surface area contributed by atoms with Crippen molar-refractivity contribution in [1.29, 1.82) is 0 Å². The minimum Gasteiger partial charge on any atom is -0.355 e. The molecule has 0 aliphatic heterocycles. The first kappa shape index (κ1) is 17.2. The van der Waals surface area contributed by atoms with Crippen molar-refractivity contribution in [3.8, 4) is 0 Å². The predicted octanol–water partition coefficient (Wildman–Crippen LogP) is 0.525.